The summed E-state index contributed by atoms with van der Waals surface area (Å²) in [7, 11) is 0. The first-order valence-corrected chi connectivity index (χ1v) is 13.5. The van der Waals surface area contributed by atoms with Crippen molar-refractivity contribution in [2.75, 3.05) is 44.3 Å². The minimum atomic E-state index is -1.04. The van der Waals surface area contributed by atoms with E-state index in [2.05, 4.69) is 45.2 Å². The van der Waals surface area contributed by atoms with Crippen LogP contribution in [0, 0.1) is 11.3 Å². The van der Waals surface area contributed by atoms with Crippen LogP contribution >= 0.6 is 0 Å². The molecule has 10 heteroatoms. The van der Waals surface area contributed by atoms with Crippen molar-refractivity contribution in [3.63, 3.8) is 0 Å². The van der Waals surface area contributed by atoms with Crippen LogP contribution in [0.3, 0.4) is 0 Å². The van der Waals surface area contributed by atoms with Gasteiger partial charge in [0.25, 0.3) is 5.91 Å². The SMILES string of the molecule is C[C@@H](O)C(=O)N1CC[C@@H](Oc2ccc(-c3ncnc4c3N=C(c3ccc(N5CCOCC5)cc3)C4)cc2C#N)C1. The van der Waals surface area contributed by atoms with Crippen molar-refractivity contribution in [1.82, 2.24) is 14.9 Å². The quantitative estimate of drug-likeness (QED) is 0.508. The summed E-state index contributed by atoms with van der Waals surface area (Å²) in [6.45, 7) is 5.62. The molecular formula is C30H30N6O4. The fourth-order valence-corrected chi connectivity index (χ4v) is 5.40. The average molecular weight is 539 g/mol. The smallest absolute Gasteiger partial charge is 0.251 e. The first-order valence-electron chi connectivity index (χ1n) is 13.5. The molecular weight excluding hydrogens is 508 g/mol. The number of aliphatic hydroxyl groups is 1. The van der Waals surface area contributed by atoms with Crippen LogP contribution in [0.25, 0.3) is 11.3 Å². The molecule has 0 aliphatic carbocycles. The van der Waals surface area contributed by atoms with Crippen LogP contribution in [0.15, 0.2) is 53.8 Å². The number of ether oxygens (including phenoxy) is 2. The number of anilines is 1. The van der Waals surface area contributed by atoms with E-state index in [1.54, 1.807) is 17.0 Å². The third-order valence-electron chi connectivity index (χ3n) is 7.54. The van der Waals surface area contributed by atoms with E-state index in [0.29, 0.717) is 42.9 Å². The molecule has 3 aliphatic heterocycles. The molecule has 0 unspecified atom stereocenters. The van der Waals surface area contributed by atoms with Crippen molar-refractivity contribution < 1.29 is 19.4 Å². The molecule has 1 aromatic heterocycles. The average Bonchev–Trinajstić information content (AvgIpc) is 3.65. The Hall–Kier alpha value is -4.33. The number of nitrogens with zero attached hydrogens (tertiary/aromatic N) is 6. The Labute approximate surface area is 232 Å². The zero-order chi connectivity index (χ0) is 27.6. The minimum absolute atomic E-state index is 0.245. The standard InChI is InChI=1S/C30H30N6O4/c1-19(37)30(38)36-9-8-24(17-36)40-27-7-4-21(14-22(27)16-31)28-29-26(32-18-33-28)15-25(34-29)20-2-5-23(6-3-20)35-10-12-39-13-11-35/h2-7,14,18-19,24,37H,8-13,15,17H2,1H3/t19-,24-/m1/s1. The summed E-state index contributed by atoms with van der Waals surface area (Å²) in [6.07, 6.45) is 1.50. The topological polar surface area (TPSA) is 124 Å². The van der Waals surface area contributed by atoms with Crippen molar-refractivity contribution in [2.24, 2.45) is 4.99 Å². The maximum atomic E-state index is 12.1. The van der Waals surface area contributed by atoms with Crippen molar-refractivity contribution in [3.05, 3.63) is 65.6 Å². The molecule has 6 rings (SSSR count). The monoisotopic (exact) mass is 538 g/mol. The molecule has 1 amide bonds. The number of aliphatic imine (C=N–C) groups is 1. The third kappa shape index (κ3) is 5.13. The number of aromatic nitrogens is 2. The second kappa shape index (κ2) is 11.0. The van der Waals surface area contributed by atoms with Gasteiger partial charge in [-0.15, -0.1) is 0 Å². The van der Waals surface area contributed by atoms with Crippen molar-refractivity contribution in [1.29, 1.82) is 5.26 Å². The number of likely N-dealkylation sites (tertiary alicyclic amines) is 1. The first-order chi connectivity index (χ1) is 19.5. The van der Waals surface area contributed by atoms with Crippen LogP contribution in [0.4, 0.5) is 11.4 Å². The molecule has 40 heavy (non-hydrogen) atoms. The van der Waals surface area contributed by atoms with E-state index in [4.69, 9.17) is 14.5 Å². The zero-order valence-electron chi connectivity index (χ0n) is 22.3. The molecule has 2 saturated heterocycles. The summed E-state index contributed by atoms with van der Waals surface area (Å²) < 4.78 is 11.6. The third-order valence-corrected chi connectivity index (χ3v) is 7.54. The van der Waals surface area contributed by atoms with E-state index in [1.807, 2.05) is 6.07 Å². The van der Waals surface area contributed by atoms with Gasteiger partial charge in [0.15, 0.2) is 0 Å². The summed E-state index contributed by atoms with van der Waals surface area (Å²) in [6, 6.07) is 16.1. The van der Waals surface area contributed by atoms with Gasteiger partial charge in [0, 0.05) is 43.7 Å². The number of amides is 1. The molecule has 2 aromatic carbocycles. The maximum Gasteiger partial charge on any atom is 0.251 e. The molecule has 0 radical (unpaired) electrons. The van der Waals surface area contributed by atoms with E-state index in [0.717, 1.165) is 54.5 Å². The predicted molar refractivity (Wildman–Crippen MR) is 149 cm³/mol. The van der Waals surface area contributed by atoms with E-state index in [1.165, 1.54) is 18.9 Å². The van der Waals surface area contributed by atoms with Gasteiger partial charge >= 0.3 is 0 Å². The van der Waals surface area contributed by atoms with Crippen LogP contribution in [-0.2, 0) is 16.0 Å². The highest BCUT2D eigenvalue weighted by atomic mass is 16.5. The Morgan fingerprint density at radius 1 is 1.12 bits per heavy atom. The Balaban J connectivity index is 1.21. The maximum absolute atomic E-state index is 12.1. The molecule has 204 valence electrons. The number of nitriles is 1. The Bertz CT molecular complexity index is 1490. The molecule has 10 nitrogen and oxygen atoms in total. The molecule has 2 atom stereocenters. The van der Waals surface area contributed by atoms with Gasteiger partial charge in [-0.2, -0.15) is 5.26 Å². The van der Waals surface area contributed by atoms with Gasteiger partial charge in [-0.3, -0.25) is 4.79 Å². The highest BCUT2D eigenvalue weighted by Crippen LogP contribution is 2.37. The second-order valence-electron chi connectivity index (χ2n) is 10.2. The van der Waals surface area contributed by atoms with Gasteiger partial charge in [0.1, 0.15) is 36.0 Å². The number of hydrogen-bond acceptors (Lipinski definition) is 9. The normalized spacial score (nSPS) is 19.1. The summed E-state index contributed by atoms with van der Waals surface area (Å²) in [5.74, 6) is 0.144. The van der Waals surface area contributed by atoms with Crippen LogP contribution < -0.4 is 9.64 Å². The van der Waals surface area contributed by atoms with Gasteiger partial charge < -0.3 is 24.4 Å². The molecule has 0 spiro atoms. The Kier molecular flexibility index (Phi) is 7.15. The lowest BCUT2D eigenvalue weighted by Crippen LogP contribution is -2.37. The molecule has 1 N–H and O–H groups in total. The van der Waals surface area contributed by atoms with Gasteiger partial charge in [-0.25, -0.2) is 15.0 Å². The first kappa shape index (κ1) is 25.9. The van der Waals surface area contributed by atoms with Crippen molar-refractivity contribution in [2.45, 2.75) is 32.0 Å². The number of aliphatic hydroxyl groups excluding tert-OH is 1. The van der Waals surface area contributed by atoms with Crippen LogP contribution in [0.2, 0.25) is 0 Å². The van der Waals surface area contributed by atoms with E-state index in [-0.39, 0.29) is 12.0 Å². The summed E-state index contributed by atoms with van der Waals surface area (Å²) in [5.41, 5.74) is 6.53. The minimum Gasteiger partial charge on any atom is -0.487 e. The number of carbonyl (C=O) groups excluding carboxylic acids is 1. The highest BCUT2D eigenvalue weighted by molar-refractivity contribution is 6.07. The van der Waals surface area contributed by atoms with Crippen LogP contribution in [0.5, 0.6) is 5.75 Å². The van der Waals surface area contributed by atoms with Gasteiger partial charge in [0.05, 0.1) is 42.4 Å². The number of fused-ring (bicyclic) bond motifs is 1. The zero-order valence-corrected chi connectivity index (χ0v) is 22.3. The van der Waals surface area contributed by atoms with Crippen molar-refractivity contribution >= 4 is 23.0 Å². The summed E-state index contributed by atoms with van der Waals surface area (Å²) in [5, 5.41) is 19.5. The fraction of sp³-hybridized carbons (Fsp3) is 0.367. The van der Waals surface area contributed by atoms with Gasteiger partial charge in [0.2, 0.25) is 0 Å². The predicted octanol–water partition coefficient (Wildman–Crippen LogP) is 2.89. The fourth-order valence-electron chi connectivity index (χ4n) is 5.40. The second-order valence-corrected chi connectivity index (χ2v) is 10.2. The molecule has 2 fully saturated rings. The van der Waals surface area contributed by atoms with Crippen LogP contribution in [-0.4, -0.2) is 83.2 Å². The number of hydrogen-bond donors (Lipinski definition) is 1. The number of rotatable bonds is 6. The highest BCUT2D eigenvalue weighted by Gasteiger charge is 2.30. The van der Waals surface area contributed by atoms with Crippen LogP contribution in [0.1, 0.15) is 30.2 Å². The Morgan fingerprint density at radius 3 is 2.65 bits per heavy atom. The molecule has 0 bridgehead atoms. The molecule has 4 heterocycles. The number of benzene rings is 2. The number of carbonyl (C=O) groups is 1. The lowest BCUT2D eigenvalue weighted by atomic mass is 10.0. The number of morpholine rings is 1. The largest absolute Gasteiger partial charge is 0.487 e. The Morgan fingerprint density at radius 2 is 1.90 bits per heavy atom. The lowest BCUT2D eigenvalue weighted by molar-refractivity contribution is -0.138. The van der Waals surface area contributed by atoms with E-state index in [9.17, 15) is 15.2 Å². The summed E-state index contributed by atoms with van der Waals surface area (Å²) in [4.78, 5) is 29.9. The summed E-state index contributed by atoms with van der Waals surface area (Å²) >= 11 is 0. The molecule has 3 aromatic rings. The van der Waals surface area contributed by atoms with Crippen molar-refractivity contribution in [3.8, 4) is 23.1 Å². The van der Waals surface area contributed by atoms with Gasteiger partial charge in [-0.1, -0.05) is 12.1 Å². The lowest BCUT2D eigenvalue weighted by Gasteiger charge is -2.28. The van der Waals surface area contributed by atoms with Gasteiger partial charge in [-0.05, 0) is 42.8 Å². The molecule has 0 saturated carbocycles. The molecule has 3 aliphatic rings. The van der Waals surface area contributed by atoms with E-state index >= 15 is 0 Å². The van der Waals surface area contributed by atoms with E-state index < -0.39 is 6.10 Å².